The maximum absolute atomic E-state index is 13.8. The summed E-state index contributed by atoms with van der Waals surface area (Å²) in [6.45, 7) is 3.26. The van der Waals surface area contributed by atoms with Gasteiger partial charge in [0, 0.05) is 6.54 Å². The lowest BCUT2D eigenvalue weighted by Gasteiger charge is -2.35. The van der Waals surface area contributed by atoms with Crippen LogP contribution in [0.5, 0.6) is 0 Å². The third-order valence-corrected chi connectivity index (χ3v) is 3.27. The highest BCUT2D eigenvalue weighted by Crippen LogP contribution is 2.24. The van der Waals surface area contributed by atoms with Crippen molar-refractivity contribution in [2.24, 2.45) is 0 Å². The van der Waals surface area contributed by atoms with Crippen molar-refractivity contribution in [3.63, 3.8) is 0 Å². The molecule has 1 aliphatic rings. The number of piperidine rings is 1. The van der Waals surface area contributed by atoms with Gasteiger partial charge in [-0.25, -0.2) is 23.8 Å². The van der Waals surface area contributed by atoms with Gasteiger partial charge >= 0.3 is 18.1 Å². The van der Waals surface area contributed by atoms with Crippen LogP contribution in [0.3, 0.4) is 0 Å². The van der Waals surface area contributed by atoms with E-state index in [0.717, 1.165) is 13.0 Å². The minimum Gasteiger partial charge on any atom is -0.300 e. The van der Waals surface area contributed by atoms with Gasteiger partial charge in [-0.15, -0.1) is 0 Å². The molecule has 1 saturated heterocycles. The molecule has 1 unspecified atom stereocenters. The lowest BCUT2D eigenvalue weighted by Crippen LogP contribution is -2.43. The van der Waals surface area contributed by atoms with Crippen molar-refractivity contribution in [3.05, 3.63) is 0 Å². The second-order valence-electron chi connectivity index (χ2n) is 5.57. The van der Waals surface area contributed by atoms with E-state index in [9.17, 15) is 27.2 Å². The number of halogens is 4. The summed E-state index contributed by atoms with van der Waals surface area (Å²) >= 11 is 0. The van der Waals surface area contributed by atoms with Crippen molar-refractivity contribution in [1.29, 1.82) is 0 Å². The fourth-order valence-electron chi connectivity index (χ4n) is 2.26. The Balaban J connectivity index is 2.12. The summed E-state index contributed by atoms with van der Waals surface area (Å²) in [4.78, 5) is 30.5. The maximum Gasteiger partial charge on any atom is 0.495 e. The largest absolute Gasteiger partial charge is 0.495 e. The highest BCUT2D eigenvalue weighted by Gasteiger charge is 2.43. The Kier molecular flexibility index (Phi) is 6.58. The molecule has 5 nitrogen and oxygen atoms in total. The first kappa shape index (κ1) is 18.7. The first-order valence-electron chi connectivity index (χ1n) is 7.00. The average Bonchev–Trinajstić information content (AvgIpc) is 2.38. The molecule has 1 heterocycles. The van der Waals surface area contributed by atoms with Gasteiger partial charge in [0.2, 0.25) is 0 Å². The number of hydrogen-bond donors (Lipinski definition) is 0. The number of unbranched alkanes of at least 4 members (excludes halogenated alkanes) is 1. The Hall–Kier alpha value is -1.38. The molecule has 1 fully saturated rings. The molecule has 0 bridgehead atoms. The van der Waals surface area contributed by atoms with E-state index in [1.165, 1.54) is 0 Å². The number of carbonyl (C=O) groups is 2. The van der Waals surface area contributed by atoms with Gasteiger partial charge in [0.05, 0.1) is 6.42 Å². The normalized spacial score (nSPS) is 23.1. The lowest BCUT2D eigenvalue weighted by molar-refractivity contribution is -0.285. The van der Waals surface area contributed by atoms with Crippen LogP contribution >= 0.6 is 0 Å². The minimum atomic E-state index is -5.20. The molecule has 22 heavy (non-hydrogen) atoms. The van der Waals surface area contributed by atoms with Gasteiger partial charge in [0.1, 0.15) is 5.67 Å². The van der Waals surface area contributed by atoms with Crippen LogP contribution < -0.4 is 0 Å². The zero-order chi connectivity index (χ0) is 16.8. The topological polar surface area (TPSA) is 55.8 Å². The van der Waals surface area contributed by atoms with Crippen LogP contribution in [-0.4, -0.2) is 48.3 Å². The van der Waals surface area contributed by atoms with Crippen LogP contribution in [0.1, 0.15) is 39.0 Å². The molecule has 9 heteroatoms. The summed E-state index contributed by atoms with van der Waals surface area (Å²) in [7, 11) is 0. The molecule has 0 amide bonds. The molecular formula is C13H19F4NO4. The fraction of sp³-hybridized carbons (Fsp3) is 0.846. The van der Waals surface area contributed by atoms with Crippen molar-refractivity contribution in [3.8, 4) is 0 Å². The monoisotopic (exact) mass is 329 g/mol. The summed E-state index contributed by atoms with van der Waals surface area (Å²) in [5.74, 6) is -3.62. The van der Waals surface area contributed by atoms with E-state index in [1.54, 1.807) is 6.92 Å². The number of nitrogens with zero attached hydrogens (tertiary/aromatic N) is 1. The predicted octanol–water partition coefficient (Wildman–Crippen LogP) is 2.54. The molecule has 1 atom stereocenters. The second kappa shape index (κ2) is 7.75. The smallest absolute Gasteiger partial charge is 0.300 e. The Morgan fingerprint density at radius 3 is 2.50 bits per heavy atom. The van der Waals surface area contributed by atoms with Gasteiger partial charge < -0.3 is 4.90 Å². The molecular weight excluding hydrogens is 310 g/mol. The van der Waals surface area contributed by atoms with Crippen molar-refractivity contribution in [2.45, 2.75) is 50.9 Å². The number of likely N-dealkylation sites (tertiary alicyclic amines) is 1. The fourth-order valence-corrected chi connectivity index (χ4v) is 2.26. The Labute approximate surface area is 125 Å². The Bertz CT molecular complexity index is 398. The summed E-state index contributed by atoms with van der Waals surface area (Å²) in [6, 6.07) is 0. The van der Waals surface area contributed by atoms with Gasteiger partial charge in [-0.2, -0.15) is 13.2 Å². The lowest BCUT2D eigenvalue weighted by atomic mass is 9.97. The average molecular weight is 329 g/mol. The van der Waals surface area contributed by atoms with E-state index in [2.05, 4.69) is 9.78 Å². The molecule has 0 aliphatic carbocycles. The molecule has 0 N–H and O–H groups in total. The third kappa shape index (κ3) is 7.06. The van der Waals surface area contributed by atoms with Crippen LogP contribution in [0.25, 0.3) is 0 Å². The zero-order valence-corrected chi connectivity index (χ0v) is 12.2. The van der Waals surface area contributed by atoms with Crippen LogP contribution in [0.4, 0.5) is 17.6 Å². The van der Waals surface area contributed by atoms with Crippen molar-refractivity contribution in [1.82, 2.24) is 4.90 Å². The first-order valence-corrected chi connectivity index (χ1v) is 7.00. The summed E-state index contributed by atoms with van der Waals surface area (Å²) < 4.78 is 49.1. The third-order valence-electron chi connectivity index (χ3n) is 3.27. The second-order valence-corrected chi connectivity index (χ2v) is 5.57. The van der Waals surface area contributed by atoms with Crippen molar-refractivity contribution in [2.75, 3.05) is 19.6 Å². The Morgan fingerprint density at radius 2 is 1.91 bits per heavy atom. The molecule has 0 aromatic carbocycles. The molecule has 1 rings (SSSR count). The molecule has 0 aromatic heterocycles. The highest BCUT2D eigenvalue weighted by molar-refractivity contribution is 5.76. The maximum atomic E-state index is 13.8. The van der Waals surface area contributed by atoms with E-state index < -0.39 is 23.8 Å². The van der Waals surface area contributed by atoms with Crippen LogP contribution in [0.15, 0.2) is 0 Å². The molecule has 0 radical (unpaired) electrons. The number of alkyl halides is 4. The zero-order valence-electron chi connectivity index (χ0n) is 12.2. The minimum absolute atomic E-state index is 0.175. The predicted molar refractivity (Wildman–Crippen MR) is 67.3 cm³/mol. The Morgan fingerprint density at radius 1 is 1.23 bits per heavy atom. The van der Waals surface area contributed by atoms with Gasteiger partial charge in [0.25, 0.3) is 0 Å². The number of carbonyl (C=O) groups excluding carboxylic acids is 2. The van der Waals surface area contributed by atoms with Crippen LogP contribution in [0.2, 0.25) is 0 Å². The van der Waals surface area contributed by atoms with E-state index in [1.807, 2.05) is 4.90 Å². The van der Waals surface area contributed by atoms with Crippen molar-refractivity contribution >= 4 is 11.9 Å². The molecule has 0 aromatic rings. The standard InChI is InChI=1S/C13H19F4NO4/c1-12(14)6-4-8-18(9-12)7-3-2-5-10(19)21-22-11(20)13(15,16)17/h2-9H2,1H3. The van der Waals surface area contributed by atoms with Gasteiger partial charge in [-0.3, -0.25) is 0 Å². The first-order chi connectivity index (χ1) is 10.1. The SMILES string of the molecule is CC1(F)CCCN(CCCCC(=O)OOC(=O)C(F)(F)F)C1. The summed E-state index contributed by atoms with van der Waals surface area (Å²) in [6.07, 6.45) is -3.16. The molecule has 128 valence electrons. The van der Waals surface area contributed by atoms with Gasteiger partial charge in [0.15, 0.2) is 0 Å². The van der Waals surface area contributed by atoms with E-state index >= 15 is 0 Å². The van der Waals surface area contributed by atoms with Gasteiger partial charge in [-0.05, 0) is 45.7 Å². The van der Waals surface area contributed by atoms with Crippen molar-refractivity contribution < 1.29 is 36.9 Å². The van der Waals surface area contributed by atoms with E-state index in [-0.39, 0.29) is 6.42 Å². The molecule has 0 saturated carbocycles. The summed E-state index contributed by atoms with van der Waals surface area (Å²) in [5.41, 5.74) is -1.21. The van der Waals surface area contributed by atoms with Crippen LogP contribution in [-0.2, 0) is 19.4 Å². The molecule has 0 spiro atoms. The quantitative estimate of drug-likeness (QED) is 0.336. The van der Waals surface area contributed by atoms with E-state index in [4.69, 9.17) is 0 Å². The van der Waals surface area contributed by atoms with Crippen LogP contribution in [0, 0.1) is 0 Å². The highest BCUT2D eigenvalue weighted by atomic mass is 19.4. The summed E-state index contributed by atoms with van der Waals surface area (Å²) in [5, 5.41) is 0. The van der Waals surface area contributed by atoms with E-state index in [0.29, 0.717) is 32.4 Å². The van der Waals surface area contributed by atoms with Gasteiger partial charge in [-0.1, -0.05) is 0 Å². The number of hydrogen-bond acceptors (Lipinski definition) is 5. The molecule has 1 aliphatic heterocycles. The number of rotatable bonds is 5.